The van der Waals surface area contributed by atoms with Crippen molar-refractivity contribution in [3.8, 4) is 0 Å². The van der Waals surface area contributed by atoms with Gasteiger partial charge in [0.05, 0.1) is 5.56 Å². The van der Waals surface area contributed by atoms with Crippen molar-refractivity contribution in [2.45, 2.75) is 71.1 Å². The van der Waals surface area contributed by atoms with Crippen molar-refractivity contribution in [2.75, 3.05) is 0 Å². The van der Waals surface area contributed by atoms with Gasteiger partial charge in [-0.3, -0.25) is 10.2 Å². The van der Waals surface area contributed by atoms with Gasteiger partial charge >= 0.3 is 0 Å². The third-order valence-electron chi connectivity index (χ3n) is 3.98. The number of nitrogen functional groups attached to an aromatic ring is 1. The molecule has 0 saturated carbocycles. The van der Waals surface area contributed by atoms with E-state index in [0.717, 1.165) is 18.4 Å². The first-order chi connectivity index (χ1) is 10.7. The molecular formula is C18H29FN2O. The van der Waals surface area contributed by atoms with E-state index in [1.165, 1.54) is 57.4 Å². The van der Waals surface area contributed by atoms with Crippen LogP contribution in [0.15, 0.2) is 18.2 Å². The van der Waals surface area contributed by atoms with Gasteiger partial charge in [-0.15, -0.1) is 0 Å². The zero-order valence-electron chi connectivity index (χ0n) is 13.7. The van der Waals surface area contributed by atoms with Gasteiger partial charge in [-0.25, -0.2) is 10.2 Å². The quantitative estimate of drug-likeness (QED) is 0.274. The molecule has 1 amide bonds. The third-order valence-corrected chi connectivity index (χ3v) is 3.98. The number of rotatable bonds is 11. The summed E-state index contributed by atoms with van der Waals surface area (Å²) in [6.45, 7) is 2.23. The van der Waals surface area contributed by atoms with E-state index in [-0.39, 0.29) is 5.56 Å². The van der Waals surface area contributed by atoms with Gasteiger partial charge in [-0.1, -0.05) is 64.4 Å². The van der Waals surface area contributed by atoms with Gasteiger partial charge in [0.1, 0.15) is 5.82 Å². The van der Waals surface area contributed by atoms with Crippen molar-refractivity contribution in [2.24, 2.45) is 5.84 Å². The first-order valence-corrected chi connectivity index (χ1v) is 8.48. The highest BCUT2D eigenvalue weighted by molar-refractivity contribution is 5.94. The van der Waals surface area contributed by atoms with Gasteiger partial charge in [0.25, 0.3) is 5.91 Å². The van der Waals surface area contributed by atoms with E-state index >= 15 is 0 Å². The molecule has 3 N–H and O–H groups in total. The number of aryl methyl sites for hydroxylation is 1. The van der Waals surface area contributed by atoms with Crippen LogP contribution in [0.3, 0.4) is 0 Å². The summed E-state index contributed by atoms with van der Waals surface area (Å²) >= 11 is 0. The van der Waals surface area contributed by atoms with E-state index in [2.05, 4.69) is 6.92 Å². The molecule has 0 spiro atoms. The highest BCUT2D eigenvalue weighted by atomic mass is 19.1. The number of nitrogens with two attached hydrogens (primary N) is 1. The van der Waals surface area contributed by atoms with Crippen LogP contribution >= 0.6 is 0 Å². The maximum atomic E-state index is 13.5. The number of unbranched alkanes of at least 4 members (excludes halogenated alkanes) is 8. The number of hydrogen-bond donors (Lipinski definition) is 2. The fourth-order valence-electron chi connectivity index (χ4n) is 2.62. The Morgan fingerprint density at radius 3 is 2.23 bits per heavy atom. The highest BCUT2D eigenvalue weighted by Gasteiger charge is 2.10. The fraction of sp³-hybridized carbons (Fsp3) is 0.611. The minimum atomic E-state index is -0.577. The SMILES string of the molecule is CCCCCCCCCCCc1ccc(F)c(C(=O)NN)c1. The Kier molecular flexibility index (Phi) is 9.47. The lowest BCUT2D eigenvalue weighted by Gasteiger charge is -2.06. The summed E-state index contributed by atoms with van der Waals surface area (Å²) in [6.07, 6.45) is 12.4. The van der Waals surface area contributed by atoms with Crippen LogP contribution in [0.2, 0.25) is 0 Å². The third kappa shape index (κ3) is 7.03. The Morgan fingerprint density at radius 1 is 1.05 bits per heavy atom. The summed E-state index contributed by atoms with van der Waals surface area (Å²) in [5, 5.41) is 0. The summed E-state index contributed by atoms with van der Waals surface area (Å²) in [5.41, 5.74) is 2.99. The van der Waals surface area contributed by atoms with Gasteiger partial charge in [-0.2, -0.15) is 0 Å². The number of hydrogen-bond acceptors (Lipinski definition) is 2. The summed E-state index contributed by atoms with van der Waals surface area (Å²) in [5.74, 6) is 3.95. The predicted molar refractivity (Wildman–Crippen MR) is 89.0 cm³/mol. The Hall–Kier alpha value is -1.42. The van der Waals surface area contributed by atoms with Crippen LogP contribution < -0.4 is 11.3 Å². The highest BCUT2D eigenvalue weighted by Crippen LogP contribution is 2.15. The van der Waals surface area contributed by atoms with Crippen LogP contribution in [-0.4, -0.2) is 5.91 Å². The Morgan fingerprint density at radius 2 is 1.64 bits per heavy atom. The first-order valence-electron chi connectivity index (χ1n) is 8.48. The smallest absolute Gasteiger partial charge is 0.268 e. The average Bonchev–Trinajstić information content (AvgIpc) is 2.54. The molecular weight excluding hydrogens is 279 g/mol. The van der Waals surface area contributed by atoms with Crippen LogP contribution in [0.25, 0.3) is 0 Å². The fourth-order valence-corrected chi connectivity index (χ4v) is 2.62. The number of carbonyl (C=O) groups is 1. The molecule has 0 fully saturated rings. The van der Waals surface area contributed by atoms with Gasteiger partial charge in [0, 0.05) is 0 Å². The van der Waals surface area contributed by atoms with Gasteiger partial charge in [0.2, 0.25) is 0 Å². The molecule has 124 valence electrons. The van der Waals surface area contributed by atoms with E-state index < -0.39 is 11.7 Å². The Balaban J connectivity index is 2.21. The zero-order valence-corrected chi connectivity index (χ0v) is 13.7. The van der Waals surface area contributed by atoms with Crippen LogP contribution in [-0.2, 0) is 6.42 Å². The standard InChI is InChI=1S/C18H29FN2O/c1-2-3-4-5-6-7-8-9-10-11-15-12-13-17(19)16(14-15)18(22)21-20/h12-14H,2-11,20H2,1H3,(H,21,22). The van der Waals surface area contributed by atoms with E-state index in [1.54, 1.807) is 12.1 Å². The van der Waals surface area contributed by atoms with Crippen molar-refractivity contribution < 1.29 is 9.18 Å². The normalized spacial score (nSPS) is 10.7. The maximum absolute atomic E-state index is 13.5. The lowest BCUT2D eigenvalue weighted by Crippen LogP contribution is -2.30. The molecule has 0 aliphatic carbocycles. The molecule has 0 aliphatic rings. The molecule has 1 aromatic carbocycles. The number of amides is 1. The maximum Gasteiger partial charge on any atom is 0.268 e. The average molecular weight is 308 g/mol. The van der Waals surface area contributed by atoms with Crippen molar-refractivity contribution >= 4 is 5.91 Å². The van der Waals surface area contributed by atoms with Crippen LogP contribution in [0.5, 0.6) is 0 Å². The summed E-state index contributed by atoms with van der Waals surface area (Å²) in [6, 6.07) is 4.68. The molecule has 1 aromatic rings. The van der Waals surface area contributed by atoms with Gasteiger partial charge in [0.15, 0.2) is 0 Å². The molecule has 0 heterocycles. The van der Waals surface area contributed by atoms with Crippen molar-refractivity contribution in [3.05, 3.63) is 35.1 Å². The van der Waals surface area contributed by atoms with Gasteiger partial charge in [-0.05, 0) is 30.5 Å². The molecule has 3 nitrogen and oxygen atoms in total. The Labute approximate surface area is 133 Å². The molecule has 1 rings (SSSR count). The zero-order chi connectivity index (χ0) is 16.2. The largest absolute Gasteiger partial charge is 0.290 e. The van der Waals surface area contributed by atoms with Gasteiger partial charge < -0.3 is 0 Å². The topological polar surface area (TPSA) is 55.1 Å². The summed E-state index contributed by atoms with van der Waals surface area (Å²) < 4.78 is 13.5. The lowest BCUT2D eigenvalue weighted by molar-refractivity contribution is 0.0949. The molecule has 0 radical (unpaired) electrons. The van der Waals surface area contributed by atoms with E-state index in [0.29, 0.717) is 0 Å². The molecule has 22 heavy (non-hydrogen) atoms. The van der Waals surface area contributed by atoms with E-state index in [1.807, 2.05) is 5.43 Å². The second kappa shape index (κ2) is 11.2. The van der Waals surface area contributed by atoms with Crippen molar-refractivity contribution in [1.29, 1.82) is 0 Å². The first kappa shape index (κ1) is 18.6. The molecule has 0 aliphatic heterocycles. The minimum Gasteiger partial charge on any atom is -0.290 e. The van der Waals surface area contributed by atoms with Crippen LogP contribution in [0.1, 0.15) is 80.6 Å². The predicted octanol–water partition coefficient (Wildman–Crippen LogP) is 4.50. The number of benzene rings is 1. The summed E-state index contributed by atoms with van der Waals surface area (Å²) in [7, 11) is 0. The molecule has 0 bridgehead atoms. The monoisotopic (exact) mass is 308 g/mol. The number of hydrazine groups is 1. The minimum absolute atomic E-state index is 0.0240. The molecule has 4 heteroatoms. The lowest BCUT2D eigenvalue weighted by atomic mass is 10.0. The van der Waals surface area contributed by atoms with Crippen LogP contribution in [0.4, 0.5) is 4.39 Å². The molecule has 0 aromatic heterocycles. The Bertz CT molecular complexity index is 449. The van der Waals surface area contributed by atoms with E-state index in [9.17, 15) is 9.18 Å². The summed E-state index contributed by atoms with van der Waals surface area (Å²) in [4.78, 5) is 11.4. The number of carbonyl (C=O) groups excluding carboxylic acids is 1. The van der Waals surface area contributed by atoms with E-state index in [4.69, 9.17) is 5.84 Å². The van der Waals surface area contributed by atoms with Crippen molar-refractivity contribution in [1.82, 2.24) is 5.43 Å². The second-order valence-corrected chi connectivity index (χ2v) is 5.87. The van der Waals surface area contributed by atoms with Crippen molar-refractivity contribution in [3.63, 3.8) is 0 Å². The molecule has 0 unspecified atom stereocenters. The molecule has 0 atom stereocenters. The number of nitrogens with one attached hydrogen (secondary N) is 1. The number of halogens is 1. The van der Waals surface area contributed by atoms with Crippen LogP contribution in [0, 0.1) is 5.82 Å². The molecule has 0 saturated heterocycles. The second-order valence-electron chi connectivity index (χ2n) is 5.87.